The van der Waals surface area contributed by atoms with Gasteiger partial charge < -0.3 is 5.32 Å². The van der Waals surface area contributed by atoms with E-state index in [2.05, 4.69) is 51.2 Å². The van der Waals surface area contributed by atoms with Gasteiger partial charge in [0.1, 0.15) is 0 Å². The molecule has 0 saturated heterocycles. The number of benzene rings is 1. The van der Waals surface area contributed by atoms with Gasteiger partial charge in [-0.25, -0.2) is 0 Å². The molecule has 1 aliphatic rings. The molecule has 0 aromatic heterocycles. The maximum atomic E-state index is 6.20. The normalized spacial score (nSPS) is 27.6. The monoisotopic (exact) mass is 307 g/mol. The summed E-state index contributed by atoms with van der Waals surface area (Å²) in [6, 6.07) is 7.03. The van der Waals surface area contributed by atoms with E-state index in [0.717, 1.165) is 29.3 Å². The van der Waals surface area contributed by atoms with E-state index in [1.165, 1.54) is 36.8 Å². The Morgan fingerprint density at radius 3 is 2.43 bits per heavy atom. The minimum atomic E-state index is 0.478. The topological polar surface area (TPSA) is 12.0 Å². The average Bonchev–Trinajstić information content (AvgIpc) is 2.42. The number of hydrogen-bond acceptors (Lipinski definition) is 1. The van der Waals surface area contributed by atoms with E-state index in [4.69, 9.17) is 11.6 Å². The third-order valence-electron chi connectivity index (χ3n) is 4.84. The summed E-state index contributed by atoms with van der Waals surface area (Å²) in [5.41, 5.74) is 2.60. The molecule has 1 aromatic rings. The molecule has 2 heteroatoms. The maximum absolute atomic E-state index is 6.20. The molecule has 21 heavy (non-hydrogen) atoms. The summed E-state index contributed by atoms with van der Waals surface area (Å²) < 4.78 is 0. The molecule has 2 rings (SSSR count). The molecule has 3 atom stereocenters. The largest absolute Gasteiger partial charge is 0.310 e. The summed E-state index contributed by atoms with van der Waals surface area (Å²) in [6.07, 6.45) is 5.25. The van der Waals surface area contributed by atoms with Gasteiger partial charge in [-0.2, -0.15) is 0 Å². The predicted octanol–water partition coefficient (Wildman–Crippen LogP) is 5.76. The van der Waals surface area contributed by atoms with Crippen LogP contribution in [-0.2, 0) is 0 Å². The molecule has 1 aromatic carbocycles. The third kappa shape index (κ3) is 4.47. The fourth-order valence-electron chi connectivity index (χ4n) is 4.00. The minimum Gasteiger partial charge on any atom is -0.310 e. The van der Waals surface area contributed by atoms with Gasteiger partial charge in [-0.3, -0.25) is 0 Å². The van der Waals surface area contributed by atoms with Crippen molar-refractivity contribution < 1.29 is 0 Å². The van der Waals surface area contributed by atoms with Crippen LogP contribution in [0.4, 0.5) is 0 Å². The Balaban J connectivity index is 2.22. The van der Waals surface area contributed by atoms with Crippen LogP contribution < -0.4 is 5.32 Å². The fourth-order valence-corrected chi connectivity index (χ4v) is 4.12. The highest BCUT2D eigenvalue weighted by Gasteiger charge is 2.30. The zero-order chi connectivity index (χ0) is 15.4. The molecule has 1 nitrogen and oxygen atoms in total. The van der Waals surface area contributed by atoms with Crippen molar-refractivity contribution in [1.29, 1.82) is 0 Å². The molecule has 1 fully saturated rings. The second-order valence-corrected chi connectivity index (χ2v) is 7.53. The van der Waals surface area contributed by atoms with Gasteiger partial charge >= 0.3 is 0 Å². The van der Waals surface area contributed by atoms with Crippen LogP contribution in [0.15, 0.2) is 18.2 Å². The molecule has 0 heterocycles. The molecule has 118 valence electrons. The highest BCUT2D eigenvalue weighted by Crippen LogP contribution is 2.40. The first kappa shape index (κ1) is 16.8. The molecule has 1 saturated carbocycles. The van der Waals surface area contributed by atoms with Gasteiger partial charge in [0, 0.05) is 11.1 Å². The number of hydrogen-bond donors (Lipinski definition) is 1. The molecule has 3 unspecified atom stereocenters. The van der Waals surface area contributed by atoms with Crippen LogP contribution in [0.3, 0.4) is 0 Å². The molecule has 0 aliphatic heterocycles. The van der Waals surface area contributed by atoms with Gasteiger partial charge in [-0.15, -0.1) is 0 Å². The number of nitrogens with one attached hydrogen (secondary N) is 1. The molecule has 0 bridgehead atoms. The summed E-state index contributed by atoms with van der Waals surface area (Å²) in [4.78, 5) is 0. The zero-order valence-corrected chi connectivity index (χ0v) is 14.7. The summed E-state index contributed by atoms with van der Waals surface area (Å²) in [5.74, 6) is 2.44. The van der Waals surface area contributed by atoms with Crippen LogP contribution in [0.2, 0.25) is 5.02 Å². The van der Waals surface area contributed by atoms with Crippen molar-refractivity contribution in [2.75, 3.05) is 6.54 Å². The van der Waals surface area contributed by atoms with E-state index >= 15 is 0 Å². The highest BCUT2D eigenvalue weighted by atomic mass is 35.5. The molecule has 0 amide bonds. The average molecular weight is 308 g/mol. The SMILES string of the molecule is CCCNC(c1ccc(Cl)c(C)c1)C1CC(C)CC(C)C1. The highest BCUT2D eigenvalue weighted by molar-refractivity contribution is 6.31. The summed E-state index contributed by atoms with van der Waals surface area (Å²) >= 11 is 6.20. The first-order valence-electron chi connectivity index (χ1n) is 8.50. The van der Waals surface area contributed by atoms with Crippen LogP contribution >= 0.6 is 11.6 Å². The van der Waals surface area contributed by atoms with Crippen LogP contribution in [0.1, 0.15) is 63.6 Å². The van der Waals surface area contributed by atoms with Crippen LogP contribution in [0, 0.1) is 24.7 Å². The first-order chi connectivity index (χ1) is 10.0. The lowest BCUT2D eigenvalue weighted by Gasteiger charge is -2.37. The molecular weight excluding hydrogens is 278 g/mol. The Labute approximate surface area is 135 Å². The Hall–Kier alpha value is -0.530. The third-order valence-corrected chi connectivity index (χ3v) is 5.27. The van der Waals surface area contributed by atoms with Gasteiger partial charge in [-0.05, 0) is 74.1 Å². The molecule has 0 spiro atoms. The Morgan fingerprint density at radius 2 is 1.86 bits per heavy atom. The molecule has 1 aliphatic carbocycles. The lowest BCUT2D eigenvalue weighted by Crippen LogP contribution is -2.33. The van der Waals surface area contributed by atoms with E-state index in [9.17, 15) is 0 Å². The Morgan fingerprint density at radius 1 is 1.19 bits per heavy atom. The summed E-state index contributed by atoms with van der Waals surface area (Å²) in [5, 5.41) is 4.67. The standard InChI is InChI=1S/C19H30ClN/c1-5-8-21-19(16-6-7-18(20)15(4)12-16)17-10-13(2)9-14(3)11-17/h6-7,12-14,17,19,21H,5,8-11H2,1-4H3. The smallest absolute Gasteiger partial charge is 0.0435 e. The second kappa shape index (κ2) is 7.65. The maximum Gasteiger partial charge on any atom is 0.0435 e. The lowest BCUT2D eigenvalue weighted by molar-refractivity contribution is 0.176. The van der Waals surface area contributed by atoms with Crippen LogP contribution in [-0.4, -0.2) is 6.54 Å². The van der Waals surface area contributed by atoms with Crippen molar-refractivity contribution in [3.63, 3.8) is 0 Å². The lowest BCUT2D eigenvalue weighted by atomic mass is 9.72. The van der Waals surface area contributed by atoms with Crippen molar-refractivity contribution in [3.8, 4) is 0 Å². The number of rotatable bonds is 5. The van der Waals surface area contributed by atoms with Gasteiger partial charge in [0.25, 0.3) is 0 Å². The second-order valence-electron chi connectivity index (χ2n) is 7.12. The van der Waals surface area contributed by atoms with Crippen molar-refractivity contribution >= 4 is 11.6 Å². The molecular formula is C19H30ClN. The van der Waals surface area contributed by atoms with E-state index in [1.807, 2.05) is 0 Å². The van der Waals surface area contributed by atoms with Gasteiger partial charge in [0.2, 0.25) is 0 Å². The first-order valence-corrected chi connectivity index (χ1v) is 8.88. The van der Waals surface area contributed by atoms with E-state index in [0.29, 0.717) is 6.04 Å². The fraction of sp³-hybridized carbons (Fsp3) is 0.684. The molecule has 1 N–H and O–H groups in total. The summed E-state index contributed by atoms with van der Waals surface area (Å²) in [7, 11) is 0. The van der Waals surface area contributed by atoms with Crippen molar-refractivity contribution in [3.05, 3.63) is 34.3 Å². The number of aryl methyl sites for hydroxylation is 1. The van der Waals surface area contributed by atoms with E-state index in [-0.39, 0.29) is 0 Å². The van der Waals surface area contributed by atoms with Crippen LogP contribution in [0.25, 0.3) is 0 Å². The van der Waals surface area contributed by atoms with Gasteiger partial charge in [0.15, 0.2) is 0 Å². The van der Waals surface area contributed by atoms with Gasteiger partial charge in [-0.1, -0.05) is 44.5 Å². The molecule has 0 radical (unpaired) electrons. The van der Waals surface area contributed by atoms with E-state index < -0.39 is 0 Å². The van der Waals surface area contributed by atoms with Gasteiger partial charge in [0.05, 0.1) is 0 Å². The van der Waals surface area contributed by atoms with Crippen molar-refractivity contribution in [1.82, 2.24) is 5.32 Å². The Kier molecular flexibility index (Phi) is 6.13. The van der Waals surface area contributed by atoms with E-state index in [1.54, 1.807) is 0 Å². The predicted molar refractivity (Wildman–Crippen MR) is 92.9 cm³/mol. The number of halogens is 1. The van der Waals surface area contributed by atoms with Crippen LogP contribution in [0.5, 0.6) is 0 Å². The zero-order valence-electron chi connectivity index (χ0n) is 14.0. The van der Waals surface area contributed by atoms with Crippen molar-refractivity contribution in [2.24, 2.45) is 17.8 Å². The minimum absolute atomic E-state index is 0.478. The summed E-state index contributed by atoms with van der Waals surface area (Å²) in [6.45, 7) is 10.3. The van der Waals surface area contributed by atoms with Crippen molar-refractivity contribution in [2.45, 2.75) is 59.4 Å². The quantitative estimate of drug-likeness (QED) is 0.729. The Bertz CT molecular complexity index is 447.